The predicted octanol–water partition coefficient (Wildman–Crippen LogP) is 2.03. The molecule has 2 aromatic heterocycles. The molecule has 2 rings (SSSR count). The molecular formula is C12H12ClN3O2. The van der Waals surface area contributed by atoms with Crippen molar-refractivity contribution >= 4 is 17.6 Å². The minimum absolute atomic E-state index is 0.203. The molecule has 0 N–H and O–H groups in total. The molecule has 0 aromatic carbocycles. The maximum Gasteiger partial charge on any atom is 0.310 e. The van der Waals surface area contributed by atoms with Crippen molar-refractivity contribution in [2.75, 3.05) is 6.61 Å². The van der Waals surface area contributed by atoms with Crippen LogP contribution in [0.2, 0.25) is 5.15 Å². The first-order chi connectivity index (χ1) is 8.69. The number of hydrogen-bond donors (Lipinski definition) is 0. The molecule has 2 heterocycles. The van der Waals surface area contributed by atoms with Gasteiger partial charge in [-0.2, -0.15) is 5.10 Å². The van der Waals surface area contributed by atoms with Crippen LogP contribution in [0.15, 0.2) is 30.6 Å². The molecule has 0 amide bonds. The summed E-state index contributed by atoms with van der Waals surface area (Å²) >= 11 is 5.80. The van der Waals surface area contributed by atoms with Gasteiger partial charge in [-0.3, -0.25) is 4.79 Å². The molecule has 6 heteroatoms. The van der Waals surface area contributed by atoms with Crippen LogP contribution in [0, 0.1) is 0 Å². The van der Waals surface area contributed by atoms with Gasteiger partial charge in [0.1, 0.15) is 5.15 Å². The molecule has 0 aliphatic heterocycles. The second-order valence-corrected chi connectivity index (χ2v) is 3.98. The molecule has 0 aliphatic rings. The molecule has 2 aromatic rings. The number of nitrogens with zero attached hydrogens (tertiary/aromatic N) is 3. The predicted molar refractivity (Wildman–Crippen MR) is 66.7 cm³/mol. The van der Waals surface area contributed by atoms with Gasteiger partial charge in [-0.05, 0) is 19.1 Å². The van der Waals surface area contributed by atoms with E-state index in [1.165, 1.54) is 0 Å². The molecule has 0 spiro atoms. The summed E-state index contributed by atoms with van der Waals surface area (Å²) in [6, 6.07) is 5.26. The van der Waals surface area contributed by atoms with Crippen LogP contribution < -0.4 is 0 Å². The van der Waals surface area contributed by atoms with E-state index in [1.807, 2.05) is 0 Å². The van der Waals surface area contributed by atoms with Gasteiger partial charge >= 0.3 is 5.97 Å². The van der Waals surface area contributed by atoms with Crippen LogP contribution in [0.4, 0.5) is 0 Å². The van der Waals surface area contributed by atoms with Crippen molar-refractivity contribution in [2.45, 2.75) is 13.3 Å². The third-order valence-corrected chi connectivity index (χ3v) is 2.44. The normalized spacial score (nSPS) is 10.3. The molecule has 5 nitrogen and oxygen atoms in total. The summed E-state index contributed by atoms with van der Waals surface area (Å²) in [7, 11) is 0. The minimum Gasteiger partial charge on any atom is -0.466 e. The summed E-state index contributed by atoms with van der Waals surface area (Å²) in [6.07, 6.45) is 3.55. The van der Waals surface area contributed by atoms with E-state index >= 15 is 0 Å². The van der Waals surface area contributed by atoms with E-state index in [-0.39, 0.29) is 12.4 Å². The zero-order valence-corrected chi connectivity index (χ0v) is 10.6. The maximum atomic E-state index is 11.3. The zero-order chi connectivity index (χ0) is 13.0. The quantitative estimate of drug-likeness (QED) is 0.627. The van der Waals surface area contributed by atoms with Gasteiger partial charge in [0.05, 0.1) is 19.2 Å². The number of carbonyl (C=O) groups is 1. The Kier molecular flexibility index (Phi) is 3.94. The van der Waals surface area contributed by atoms with E-state index < -0.39 is 0 Å². The van der Waals surface area contributed by atoms with Crippen molar-refractivity contribution in [3.8, 4) is 5.82 Å². The second-order valence-electron chi connectivity index (χ2n) is 3.59. The summed E-state index contributed by atoms with van der Waals surface area (Å²) in [5.41, 5.74) is 0.773. The largest absolute Gasteiger partial charge is 0.466 e. The van der Waals surface area contributed by atoms with E-state index in [0.717, 1.165) is 5.56 Å². The second kappa shape index (κ2) is 5.64. The Bertz CT molecular complexity index is 554. The first kappa shape index (κ1) is 12.6. The number of esters is 1. The van der Waals surface area contributed by atoms with E-state index in [4.69, 9.17) is 16.3 Å². The lowest BCUT2D eigenvalue weighted by molar-refractivity contribution is -0.142. The van der Waals surface area contributed by atoms with E-state index in [9.17, 15) is 4.79 Å². The third-order valence-electron chi connectivity index (χ3n) is 2.22. The highest BCUT2D eigenvalue weighted by Crippen LogP contribution is 2.10. The highest BCUT2D eigenvalue weighted by Gasteiger charge is 2.07. The van der Waals surface area contributed by atoms with Crippen molar-refractivity contribution in [3.63, 3.8) is 0 Å². The van der Waals surface area contributed by atoms with Crippen molar-refractivity contribution < 1.29 is 9.53 Å². The standard InChI is InChI=1S/C12H12ClN3O2/c1-2-18-12(17)6-9-7-14-16(8-9)11-5-3-4-10(13)15-11/h3-5,7-8H,2,6H2,1H3. The highest BCUT2D eigenvalue weighted by atomic mass is 35.5. The number of aromatic nitrogens is 3. The Labute approximate surface area is 109 Å². The Morgan fingerprint density at radius 3 is 3.06 bits per heavy atom. The smallest absolute Gasteiger partial charge is 0.310 e. The molecule has 0 bridgehead atoms. The van der Waals surface area contributed by atoms with Crippen LogP contribution in [0.3, 0.4) is 0 Å². The van der Waals surface area contributed by atoms with Gasteiger partial charge in [0.15, 0.2) is 5.82 Å². The van der Waals surface area contributed by atoms with Gasteiger partial charge in [0.25, 0.3) is 0 Å². The van der Waals surface area contributed by atoms with Gasteiger partial charge in [-0.1, -0.05) is 17.7 Å². The van der Waals surface area contributed by atoms with Crippen molar-refractivity contribution in [2.24, 2.45) is 0 Å². The van der Waals surface area contributed by atoms with Crippen LogP contribution in [-0.4, -0.2) is 27.3 Å². The van der Waals surface area contributed by atoms with Crippen LogP contribution in [0.25, 0.3) is 5.82 Å². The summed E-state index contributed by atoms with van der Waals surface area (Å²) in [5, 5.41) is 4.53. The monoisotopic (exact) mass is 265 g/mol. The molecule has 0 aliphatic carbocycles. The summed E-state index contributed by atoms with van der Waals surface area (Å²) < 4.78 is 6.44. The summed E-state index contributed by atoms with van der Waals surface area (Å²) in [4.78, 5) is 15.4. The molecule has 0 unspecified atom stereocenters. The Hall–Kier alpha value is -1.88. The maximum absolute atomic E-state index is 11.3. The first-order valence-corrected chi connectivity index (χ1v) is 5.89. The number of halogens is 1. The van der Waals surface area contributed by atoms with Crippen LogP contribution in [-0.2, 0) is 16.0 Å². The minimum atomic E-state index is -0.267. The van der Waals surface area contributed by atoms with Crippen molar-refractivity contribution in [3.05, 3.63) is 41.3 Å². The Morgan fingerprint density at radius 2 is 2.33 bits per heavy atom. The van der Waals surface area contributed by atoms with E-state index in [2.05, 4.69) is 10.1 Å². The van der Waals surface area contributed by atoms with Gasteiger partial charge in [0, 0.05) is 11.8 Å². The topological polar surface area (TPSA) is 57.0 Å². The van der Waals surface area contributed by atoms with Gasteiger partial charge in [-0.15, -0.1) is 0 Å². The van der Waals surface area contributed by atoms with Crippen LogP contribution in [0.5, 0.6) is 0 Å². The molecule has 94 valence electrons. The fourth-order valence-electron chi connectivity index (χ4n) is 1.48. The summed E-state index contributed by atoms with van der Waals surface area (Å²) in [5.74, 6) is 0.341. The van der Waals surface area contributed by atoms with Crippen molar-refractivity contribution in [1.82, 2.24) is 14.8 Å². The fraction of sp³-hybridized carbons (Fsp3) is 0.250. The van der Waals surface area contributed by atoms with Crippen LogP contribution in [0.1, 0.15) is 12.5 Å². The Balaban J connectivity index is 2.13. The number of hydrogen-bond acceptors (Lipinski definition) is 4. The number of carbonyl (C=O) groups excluding carboxylic acids is 1. The first-order valence-electron chi connectivity index (χ1n) is 5.51. The number of pyridine rings is 1. The lowest BCUT2D eigenvalue weighted by Gasteiger charge is -2.00. The van der Waals surface area contributed by atoms with E-state index in [0.29, 0.717) is 17.6 Å². The molecule has 0 fully saturated rings. The average Bonchev–Trinajstić information content (AvgIpc) is 2.78. The number of ether oxygens (including phenoxy) is 1. The van der Waals surface area contributed by atoms with Crippen molar-refractivity contribution in [1.29, 1.82) is 0 Å². The highest BCUT2D eigenvalue weighted by molar-refractivity contribution is 6.29. The van der Waals surface area contributed by atoms with Gasteiger partial charge < -0.3 is 4.74 Å². The Morgan fingerprint density at radius 1 is 1.50 bits per heavy atom. The van der Waals surface area contributed by atoms with Crippen LogP contribution >= 0.6 is 11.6 Å². The molecular weight excluding hydrogens is 254 g/mol. The molecule has 18 heavy (non-hydrogen) atoms. The zero-order valence-electron chi connectivity index (χ0n) is 9.84. The third kappa shape index (κ3) is 3.07. The SMILES string of the molecule is CCOC(=O)Cc1cnn(-c2cccc(Cl)n2)c1. The molecule has 0 radical (unpaired) electrons. The summed E-state index contributed by atoms with van der Waals surface area (Å²) in [6.45, 7) is 2.15. The lowest BCUT2D eigenvalue weighted by Crippen LogP contribution is -2.06. The van der Waals surface area contributed by atoms with Gasteiger partial charge in [0.2, 0.25) is 0 Å². The van der Waals surface area contributed by atoms with Gasteiger partial charge in [-0.25, -0.2) is 9.67 Å². The fourth-order valence-corrected chi connectivity index (χ4v) is 1.64. The van der Waals surface area contributed by atoms with E-state index in [1.54, 1.807) is 42.2 Å². The lowest BCUT2D eigenvalue weighted by atomic mass is 10.3. The molecule has 0 saturated heterocycles. The average molecular weight is 266 g/mol. The number of rotatable bonds is 4. The molecule has 0 saturated carbocycles. The molecule has 0 atom stereocenters.